The number of carbonyl (C=O) groups is 3. The van der Waals surface area contributed by atoms with Crippen molar-refractivity contribution in [2.24, 2.45) is 0 Å². The highest BCUT2D eigenvalue weighted by atomic mass is 16.5. The summed E-state index contributed by atoms with van der Waals surface area (Å²) >= 11 is 0. The van der Waals surface area contributed by atoms with Gasteiger partial charge in [0.15, 0.2) is 12.4 Å². The molecule has 0 aliphatic rings. The molecule has 1 amide bonds. The molecule has 0 aliphatic heterocycles. The van der Waals surface area contributed by atoms with Gasteiger partial charge in [0.1, 0.15) is 5.69 Å². The van der Waals surface area contributed by atoms with E-state index in [-0.39, 0.29) is 24.0 Å². The van der Waals surface area contributed by atoms with Crippen LogP contribution < -0.4 is 0 Å². The van der Waals surface area contributed by atoms with Gasteiger partial charge in [-0.3, -0.25) is 9.59 Å². The highest BCUT2D eigenvalue weighted by molar-refractivity contribution is 6.01. The summed E-state index contributed by atoms with van der Waals surface area (Å²) in [5.74, 6) is -0.995. The quantitative estimate of drug-likeness (QED) is 0.555. The molecule has 0 radical (unpaired) electrons. The number of aryl methyl sites for hydroxylation is 2. The topological polar surface area (TPSA) is 79.5 Å². The Balaban J connectivity index is 2.03. The predicted molar refractivity (Wildman–Crippen MR) is 107 cm³/mol. The van der Waals surface area contributed by atoms with Crippen LogP contribution in [0.5, 0.6) is 0 Å². The number of aromatic amines is 1. The molecule has 2 aromatic rings. The molecule has 1 aromatic carbocycles. The Kier molecular flexibility index (Phi) is 7.15. The molecule has 6 nitrogen and oxygen atoms in total. The number of nitrogens with one attached hydrogen (secondary N) is 1. The van der Waals surface area contributed by atoms with Gasteiger partial charge in [-0.25, -0.2) is 4.79 Å². The Hall–Kier alpha value is -2.89. The number of aromatic nitrogens is 1. The monoisotopic (exact) mass is 384 g/mol. The smallest absolute Gasteiger partial charge is 0.355 e. The number of hydrogen-bond donors (Lipinski definition) is 1. The normalized spacial score (nSPS) is 10.6. The van der Waals surface area contributed by atoms with E-state index in [0.717, 1.165) is 17.5 Å². The van der Waals surface area contributed by atoms with Crippen LogP contribution in [0.3, 0.4) is 0 Å². The number of amides is 1. The van der Waals surface area contributed by atoms with E-state index in [2.05, 4.69) is 4.98 Å². The third-order valence-corrected chi connectivity index (χ3v) is 4.66. The van der Waals surface area contributed by atoms with Gasteiger partial charge in [-0.2, -0.15) is 0 Å². The first-order chi connectivity index (χ1) is 13.2. The lowest BCUT2D eigenvalue weighted by Crippen LogP contribution is -2.35. The van der Waals surface area contributed by atoms with Gasteiger partial charge in [-0.1, -0.05) is 36.8 Å². The maximum absolute atomic E-state index is 12.6. The second-order valence-electron chi connectivity index (χ2n) is 7.06. The first kappa shape index (κ1) is 21.4. The number of benzene rings is 1. The fraction of sp³-hybridized carbons (Fsp3) is 0.409. The number of ketones is 1. The largest absolute Gasteiger partial charge is 0.451 e. The maximum atomic E-state index is 12.6. The Bertz CT molecular complexity index is 865. The fourth-order valence-electron chi connectivity index (χ4n) is 3.25. The average molecular weight is 384 g/mol. The molecular weight excluding hydrogens is 356 g/mol. The summed E-state index contributed by atoms with van der Waals surface area (Å²) in [6.45, 7) is 9.61. The molecule has 1 heterocycles. The van der Waals surface area contributed by atoms with E-state index < -0.39 is 5.97 Å². The van der Waals surface area contributed by atoms with Crippen molar-refractivity contribution in [3.05, 3.63) is 57.9 Å². The highest BCUT2D eigenvalue weighted by Gasteiger charge is 2.22. The minimum atomic E-state index is -0.631. The van der Waals surface area contributed by atoms with Gasteiger partial charge in [0.05, 0.1) is 0 Å². The number of hydrogen-bond acceptors (Lipinski definition) is 4. The molecule has 0 spiro atoms. The van der Waals surface area contributed by atoms with E-state index in [1.54, 1.807) is 18.7 Å². The molecule has 0 atom stereocenters. The van der Waals surface area contributed by atoms with E-state index in [4.69, 9.17) is 4.74 Å². The molecule has 6 heteroatoms. The minimum Gasteiger partial charge on any atom is -0.451 e. The van der Waals surface area contributed by atoms with Gasteiger partial charge in [0, 0.05) is 24.3 Å². The Morgan fingerprint density at radius 1 is 1.07 bits per heavy atom. The number of nitrogens with zero attached hydrogens (tertiary/aromatic N) is 1. The number of rotatable bonds is 8. The number of Topliss-reactive ketones (excluding diaryl/α,β-unsaturated/α-hetero) is 1. The van der Waals surface area contributed by atoms with Crippen LogP contribution in [0.25, 0.3) is 0 Å². The van der Waals surface area contributed by atoms with Crippen molar-refractivity contribution in [2.75, 3.05) is 13.2 Å². The summed E-state index contributed by atoms with van der Waals surface area (Å²) in [5.41, 5.74) is 4.07. The lowest BCUT2D eigenvalue weighted by atomic mass is 10.1. The van der Waals surface area contributed by atoms with E-state index in [1.165, 1.54) is 6.92 Å². The number of carbonyl (C=O) groups excluding carboxylic acids is 3. The molecule has 0 saturated carbocycles. The summed E-state index contributed by atoms with van der Waals surface area (Å²) in [6, 6.07) is 8.00. The number of ether oxygens (including phenoxy) is 1. The van der Waals surface area contributed by atoms with Crippen molar-refractivity contribution in [2.45, 2.75) is 47.6 Å². The Morgan fingerprint density at radius 3 is 2.25 bits per heavy atom. The van der Waals surface area contributed by atoms with Crippen molar-refractivity contribution in [3.63, 3.8) is 0 Å². The van der Waals surface area contributed by atoms with Crippen molar-refractivity contribution in [1.29, 1.82) is 0 Å². The maximum Gasteiger partial charge on any atom is 0.355 e. The molecule has 0 saturated heterocycles. The number of H-pyrrole nitrogens is 1. The molecule has 0 fully saturated rings. The average Bonchev–Trinajstić information content (AvgIpc) is 2.95. The summed E-state index contributed by atoms with van der Waals surface area (Å²) < 4.78 is 5.23. The van der Waals surface area contributed by atoms with Gasteiger partial charge in [-0.15, -0.1) is 0 Å². The molecule has 0 unspecified atom stereocenters. The molecular formula is C22H28N2O4. The lowest BCUT2D eigenvalue weighted by Gasteiger charge is -2.22. The standard InChI is InChI=1S/C22H28N2O4/c1-6-11-24(12-18-9-7-14(2)8-10-18)19(26)13-28-22(27)21-15(3)20(17(5)25)16(4)23-21/h7-10,23H,6,11-13H2,1-5H3. The van der Waals surface area contributed by atoms with Crippen LogP contribution in [0.2, 0.25) is 0 Å². The minimum absolute atomic E-state index is 0.117. The van der Waals surface area contributed by atoms with Crippen molar-refractivity contribution >= 4 is 17.7 Å². The van der Waals surface area contributed by atoms with Crippen molar-refractivity contribution in [1.82, 2.24) is 9.88 Å². The third kappa shape index (κ3) is 5.09. The molecule has 28 heavy (non-hydrogen) atoms. The van der Waals surface area contributed by atoms with Crippen LogP contribution in [0, 0.1) is 20.8 Å². The highest BCUT2D eigenvalue weighted by Crippen LogP contribution is 2.19. The summed E-state index contributed by atoms with van der Waals surface area (Å²) in [5, 5.41) is 0. The van der Waals surface area contributed by atoms with Crippen LogP contribution >= 0.6 is 0 Å². The Morgan fingerprint density at radius 2 is 1.71 bits per heavy atom. The molecule has 150 valence electrons. The molecule has 1 aromatic heterocycles. The first-order valence-electron chi connectivity index (χ1n) is 9.45. The van der Waals surface area contributed by atoms with Crippen LogP contribution in [0.1, 0.15) is 63.5 Å². The van der Waals surface area contributed by atoms with E-state index in [1.807, 2.05) is 38.1 Å². The first-order valence-corrected chi connectivity index (χ1v) is 9.45. The second kappa shape index (κ2) is 9.35. The third-order valence-electron chi connectivity index (χ3n) is 4.66. The zero-order chi connectivity index (χ0) is 20.8. The van der Waals surface area contributed by atoms with E-state index in [0.29, 0.717) is 29.9 Å². The van der Waals surface area contributed by atoms with Gasteiger partial charge in [0.2, 0.25) is 0 Å². The summed E-state index contributed by atoms with van der Waals surface area (Å²) in [4.78, 5) is 41.3. The van der Waals surface area contributed by atoms with Gasteiger partial charge in [0.25, 0.3) is 5.91 Å². The SMILES string of the molecule is CCCN(Cc1ccc(C)cc1)C(=O)COC(=O)c1[nH]c(C)c(C(C)=O)c1C. The molecule has 1 N–H and O–H groups in total. The van der Waals surface area contributed by atoms with Crippen LogP contribution in [-0.2, 0) is 16.1 Å². The zero-order valence-electron chi connectivity index (χ0n) is 17.2. The second-order valence-corrected chi connectivity index (χ2v) is 7.06. The van der Waals surface area contributed by atoms with Gasteiger partial charge < -0.3 is 14.6 Å². The molecule has 0 bridgehead atoms. The van der Waals surface area contributed by atoms with Crippen molar-refractivity contribution < 1.29 is 19.1 Å². The zero-order valence-corrected chi connectivity index (χ0v) is 17.2. The summed E-state index contributed by atoms with van der Waals surface area (Å²) in [6.07, 6.45) is 0.808. The van der Waals surface area contributed by atoms with E-state index >= 15 is 0 Å². The fourth-order valence-corrected chi connectivity index (χ4v) is 3.25. The van der Waals surface area contributed by atoms with Crippen LogP contribution in [0.4, 0.5) is 0 Å². The summed E-state index contributed by atoms with van der Waals surface area (Å²) in [7, 11) is 0. The Labute approximate surface area is 165 Å². The van der Waals surface area contributed by atoms with Crippen molar-refractivity contribution in [3.8, 4) is 0 Å². The molecule has 2 rings (SSSR count). The van der Waals surface area contributed by atoms with Gasteiger partial charge in [-0.05, 0) is 45.2 Å². The van der Waals surface area contributed by atoms with E-state index in [9.17, 15) is 14.4 Å². The van der Waals surface area contributed by atoms with Crippen LogP contribution in [0.15, 0.2) is 24.3 Å². The van der Waals surface area contributed by atoms with Gasteiger partial charge >= 0.3 is 5.97 Å². The van der Waals surface area contributed by atoms with Crippen LogP contribution in [-0.4, -0.2) is 40.7 Å². The molecule has 0 aliphatic carbocycles. The lowest BCUT2D eigenvalue weighted by molar-refractivity contribution is -0.135. The number of esters is 1. The predicted octanol–water partition coefficient (Wildman–Crippen LogP) is 3.74.